The fraction of sp³-hybridized carbons (Fsp3) is 0.0526. The van der Waals surface area contributed by atoms with Gasteiger partial charge in [-0.15, -0.1) is 0 Å². The number of rotatable bonds is 0. The molecule has 0 aliphatic heterocycles. The van der Waals surface area contributed by atoms with Gasteiger partial charge in [-0.2, -0.15) is 0 Å². The molecule has 0 aromatic heterocycles. The van der Waals surface area contributed by atoms with Crippen LogP contribution < -0.4 is 0 Å². The Morgan fingerprint density at radius 1 is 0.700 bits per heavy atom. The molecule has 0 saturated carbocycles. The molecule has 1 heteroatoms. The van der Waals surface area contributed by atoms with Gasteiger partial charge in [0, 0.05) is 5.39 Å². The van der Waals surface area contributed by atoms with E-state index in [1.807, 2.05) is 42.5 Å². The molecule has 0 fully saturated rings. The molecule has 0 heterocycles. The predicted molar refractivity (Wildman–Crippen MR) is 83.7 cm³/mol. The lowest BCUT2D eigenvalue weighted by molar-refractivity contribution is 0.642. The van der Waals surface area contributed by atoms with Crippen LogP contribution in [0.25, 0.3) is 32.3 Å². The maximum absolute atomic E-state index is 14.6. The van der Waals surface area contributed by atoms with Crippen LogP contribution in [0, 0.1) is 12.7 Å². The van der Waals surface area contributed by atoms with E-state index in [2.05, 4.69) is 19.1 Å². The summed E-state index contributed by atoms with van der Waals surface area (Å²) in [5.41, 5.74) is 1.12. The first kappa shape index (κ1) is 11.4. The summed E-state index contributed by atoms with van der Waals surface area (Å²) >= 11 is 0. The first-order valence-corrected chi connectivity index (χ1v) is 6.75. The van der Waals surface area contributed by atoms with Gasteiger partial charge < -0.3 is 0 Å². The molecule has 0 bridgehead atoms. The highest BCUT2D eigenvalue weighted by molar-refractivity contribution is 6.18. The van der Waals surface area contributed by atoms with Gasteiger partial charge in [0.25, 0.3) is 0 Å². The van der Waals surface area contributed by atoms with Crippen molar-refractivity contribution in [2.24, 2.45) is 0 Å². The van der Waals surface area contributed by atoms with E-state index in [9.17, 15) is 4.39 Å². The van der Waals surface area contributed by atoms with E-state index in [4.69, 9.17) is 0 Å². The molecule has 0 saturated heterocycles. The summed E-state index contributed by atoms with van der Waals surface area (Å²) in [6, 6.07) is 19.8. The lowest BCUT2D eigenvalue weighted by Gasteiger charge is -2.11. The van der Waals surface area contributed by atoms with Crippen molar-refractivity contribution in [3.05, 3.63) is 72.0 Å². The molecule has 4 aromatic rings. The normalized spacial score (nSPS) is 11.5. The zero-order valence-electron chi connectivity index (χ0n) is 11.2. The second-order valence-electron chi connectivity index (χ2n) is 5.24. The van der Waals surface area contributed by atoms with E-state index in [0.29, 0.717) is 0 Å². The number of hydrogen-bond acceptors (Lipinski definition) is 0. The van der Waals surface area contributed by atoms with Crippen molar-refractivity contribution in [1.82, 2.24) is 0 Å². The molecule has 96 valence electrons. The van der Waals surface area contributed by atoms with E-state index in [0.717, 1.165) is 37.9 Å². The van der Waals surface area contributed by atoms with Crippen molar-refractivity contribution in [3.8, 4) is 0 Å². The molecule has 0 radical (unpaired) electrons. The summed E-state index contributed by atoms with van der Waals surface area (Å²) in [6.07, 6.45) is 0. The lowest BCUT2D eigenvalue weighted by Crippen LogP contribution is -1.88. The zero-order valence-corrected chi connectivity index (χ0v) is 11.2. The van der Waals surface area contributed by atoms with Gasteiger partial charge in [-0.05, 0) is 45.5 Å². The molecule has 0 amide bonds. The van der Waals surface area contributed by atoms with E-state index in [1.165, 1.54) is 0 Å². The Balaban J connectivity index is 2.40. The number of benzene rings is 4. The van der Waals surface area contributed by atoms with Gasteiger partial charge in [-0.25, -0.2) is 4.39 Å². The molecule has 4 aromatic carbocycles. The Bertz CT molecular complexity index is 886. The molecule has 0 unspecified atom stereocenters. The third-order valence-corrected chi connectivity index (χ3v) is 4.00. The first-order chi connectivity index (χ1) is 9.75. The second-order valence-corrected chi connectivity index (χ2v) is 5.24. The van der Waals surface area contributed by atoms with E-state index in [1.54, 1.807) is 6.07 Å². The molecular formula is C19H13F. The molecule has 0 spiro atoms. The van der Waals surface area contributed by atoms with Crippen molar-refractivity contribution in [1.29, 1.82) is 0 Å². The van der Waals surface area contributed by atoms with Crippen LogP contribution in [0.4, 0.5) is 4.39 Å². The van der Waals surface area contributed by atoms with Crippen LogP contribution in [-0.2, 0) is 0 Å². The number of hydrogen-bond donors (Lipinski definition) is 0. The van der Waals surface area contributed by atoms with Gasteiger partial charge in [-0.1, -0.05) is 54.6 Å². The molecule has 0 atom stereocenters. The van der Waals surface area contributed by atoms with Crippen LogP contribution in [0.15, 0.2) is 60.7 Å². The minimum absolute atomic E-state index is 0.140. The lowest BCUT2D eigenvalue weighted by atomic mass is 9.93. The van der Waals surface area contributed by atoms with Crippen molar-refractivity contribution in [3.63, 3.8) is 0 Å². The summed E-state index contributed by atoms with van der Waals surface area (Å²) in [5, 5.41) is 5.91. The average molecular weight is 260 g/mol. The minimum Gasteiger partial charge on any atom is -0.206 e. The second kappa shape index (κ2) is 4.04. The van der Waals surface area contributed by atoms with Crippen molar-refractivity contribution in [2.45, 2.75) is 6.92 Å². The van der Waals surface area contributed by atoms with Crippen LogP contribution in [-0.4, -0.2) is 0 Å². The topological polar surface area (TPSA) is 0 Å². The molecular weight excluding hydrogens is 247 g/mol. The van der Waals surface area contributed by atoms with Crippen LogP contribution in [0.5, 0.6) is 0 Å². The minimum atomic E-state index is -0.140. The standard InChI is InChI=1S/C19H13F/c1-12-10-13-6-2-5-9-16(13)19-17(20)11-14-7-3-4-8-15(14)18(12)19/h2-11H,1H3. The zero-order chi connectivity index (χ0) is 13.7. The van der Waals surface area contributed by atoms with Gasteiger partial charge in [-0.3, -0.25) is 0 Å². The monoisotopic (exact) mass is 260 g/mol. The summed E-state index contributed by atoms with van der Waals surface area (Å²) < 4.78 is 14.6. The highest BCUT2D eigenvalue weighted by Crippen LogP contribution is 2.35. The van der Waals surface area contributed by atoms with E-state index >= 15 is 0 Å². The molecule has 0 N–H and O–H groups in total. The van der Waals surface area contributed by atoms with E-state index in [-0.39, 0.29) is 5.82 Å². The first-order valence-electron chi connectivity index (χ1n) is 6.75. The summed E-state index contributed by atoms with van der Waals surface area (Å²) in [5.74, 6) is -0.140. The predicted octanol–water partition coefficient (Wildman–Crippen LogP) is 5.59. The maximum atomic E-state index is 14.6. The third kappa shape index (κ3) is 1.47. The Kier molecular flexibility index (Phi) is 2.31. The number of fused-ring (bicyclic) bond motifs is 5. The number of halogens is 1. The smallest absolute Gasteiger partial charge is 0.132 e. The molecule has 0 aliphatic rings. The van der Waals surface area contributed by atoms with Crippen molar-refractivity contribution >= 4 is 32.3 Å². The summed E-state index contributed by atoms with van der Waals surface area (Å²) in [4.78, 5) is 0. The third-order valence-electron chi connectivity index (χ3n) is 4.00. The Morgan fingerprint density at radius 2 is 1.25 bits per heavy atom. The Hall–Kier alpha value is -2.41. The van der Waals surface area contributed by atoms with Crippen LogP contribution >= 0.6 is 0 Å². The fourth-order valence-corrected chi connectivity index (χ4v) is 3.14. The average Bonchev–Trinajstić information content (AvgIpc) is 2.47. The van der Waals surface area contributed by atoms with Crippen molar-refractivity contribution < 1.29 is 4.39 Å². The highest BCUT2D eigenvalue weighted by atomic mass is 19.1. The maximum Gasteiger partial charge on any atom is 0.132 e. The van der Waals surface area contributed by atoms with Crippen LogP contribution in [0.1, 0.15) is 5.56 Å². The quantitative estimate of drug-likeness (QED) is 0.361. The fourth-order valence-electron chi connectivity index (χ4n) is 3.14. The van der Waals surface area contributed by atoms with Gasteiger partial charge >= 0.3 is 0 Å². The summed E-state index contributed by atoms with van der Waals surface area (Å²) in [6.45, 7) is 2.06. The van der Waals surface area contributed by atoms with Crippen LogP contribution in [0.2, 0.25) is 0 Å². The molecule has 4 rings (SSSR count). The highest BCUT2D eigenvalue weighted by Gasteiger charge is 2.11. The van der Waals surface area contributed by atoms with Gasteiger partial charge in [0.05, 0.1) is 0 Å². The molecule has 20 heavy (non-hydrogen) atoms. The SMILES string of the molecule is Cc1cc2ccccc2c2c(F)cc3ccccc3c12. The van der Waals surface area contributed by atoms with Gasteiger partial charge in [0.2, 0.25) is 0 Å². The Labute approximate surface area is 116 Å². The largest absolute Gasteiger partial charge is 0.206 e. The summed E-state index contributed by atoms with van der Waals surface area (Å²) in [7, 11) is 0. The number of aryl methyl sites for hydroxylation is 1. The van der Waals surface area contributed by atoms with E-state index < -0.39 is 0 Å². The molecule has 0 aliphatic carbocycles. The molecule has 0 nitrogen and oxygen atoms in total. The van der Waals surface area contributed by atoms with Gasteiger partial charge in [0.15, 0.2) is 0 Å². The van der Waals surface area contributed by atoms with Crippen molar-refractivity contribution in [2.75, 3.05) is 0 Å². The van der Waals surface area contributed by atoms with Gasteiger partial charge in [0.1, 0.15) is 5.82 Å². The Morgan fingerprint density at radius 3 is 1.95 bits per heavy atom. The van der Waals surface area contributed by atoms with Crippen LogP contribution in [0.3, 0.4) is 0 Å².